The van der Waals surface area contributed by atoms with Crippen LogP contribution in [0, 0.1) is 0 Å². The number of carbonyl (C=O) groups is 3. The molecule has 0 saturated carbocycles. The predicted molar refractivity (Wildman–Crippen MR) is 353 cm³/mol. The molecule has 0 fully saturated rings. The average molecular weight is 1130 g/mol. The van der Waals surface area contributed by atoms with Crippen molar-refractivity contribution in [1.82, 2.24) is 0 Å². The molecule has 0 aromatic heterocycles. The molecule has 0 bridgehead atoms. The molecule has 0 aliphatic carbocycles. The fourth-order valence-electron chi connectivity index (χ4n) is 10.4. The van der Waals surface area contributed by atoms with Gasteiger partial charge in [-0.05, 0) is 89.9 Å². The fraction of sp³-hybridized carbons (Fsp3) is 0.800. The summed E-state index contributed by atoms with van der Waals surface area (Å²) in [6, 6.07) is 0. The maximum absolute atomic E-state index is 12.9. The van der Waals surface area contributed by atoms with E-state index in [1.165, 1.54) is 218 Å². The highest BCUT2D eigenvalue weighted by atomic mass is 16.6. The van der Waals surface area contributed by atoms with E-state index in [0.717, 1.165) is 109 Å². The Hall–Kier alpha value is -3.15. The van der Waals surface area contributed by atoms with Gasteiger partial charge in [0.15, 0.2) is 6.10 Å². The van der Waals surface area contributed by atoms with Crippen LogP contribution in [0.1, 0.15) is 367 Å². The Kier molecular flexibility index (Phi) is 66.6. The molecule has 6 nitrogen and oxygen atoms in total. The van der Waals surface area contributed by atoms with Crippen LogP contribution < -0.4 is 0 Å². The third-order valence-corrected chi connectivity index (χ3v) is 15.7. The fourth-order valence-corrected chi connectivity index (χ4v) is 10.4. The Balaban J connectivity index is 4.15. The number of ether oxygens (including phenoxy) is 3. The summed E-state index contributed by atoms with van der Waals surface area (Å²) in [4.78, 5) is 38.4. The van der Waals surface area contributed by atoms with E-state index in [1.54, 1.807) is 0 Å². The lowest BCUT2D eigenvalue weighted by Gasteiger charge is -2.18. The van der Waals surface area contributed by atoms with E-state index in [-0.39, 0.29) is 31.1 Å². The molecule has 0 aliphatic rings. The molecule has 0 N–H and O–H groups in total. The van der Waals surface area contributed by atoms with Crippen molar-refractivity contribution in [1.29, 1.82) is 0 Å². The Morgan fingerprint density at radius 3 is 0.753 bits per heavy atom. The zero-order valence-electron chi connectivity index (χ0n) is 54.1. The molecule has 0 aromatic carbocycles. The molecule has 0 radical (unpaired) electrons. The van der Waals surface area contributed by atoms with Crippen molar-refractivity contribution < 1.29 is 28.6 Å². The normalized spacial score (nSPS) is 12.5. The van der Waals surface area contributed by atoms with Crippen LogP contribution in [-0.4, -0.2) is 37.2 Å². The first-order chi connectivity index (χ1) is 40.0. The summed E-state index contributed by atoms with van der Waals surface area (Å²) in [5.74, 6) is -0.873. The predicted octanol–water partition coefficient (Wildman–Crippen LogP) is 24.4. The van der Waals surface area contributed by atoms with Crippen molar-refractivity contribution in [3.8, 4) is 0 Å². The van der Waals surface area contributed by atoms with Gasteiger partial charge in [0, 0.05) is 19.3 Å². The van der Waals surface area contributed by atoms with Crippen LogP contribution in [0.2, 0.25) is 0 Å². The van der Waals surface area contributed by atoms with E-state index in [1.807, 2.05) is 0 Å². The van der Waals surface area contributed by atoms with Gasteiger partial charge in [0.2, 0.25) is 0 Å². The highest BCUT2D eigenvalue weighted by Crippen LogP contribution is 2.18. The molecule has 470 valence electrons. The number of allylic oxidation sites excluding steroid dienone is 12. The topological polar surface area (TPSA) is 78.9 Å². The second-order valence-corrected chi connectivity index (χ2v) is 23.8. The second-order valence-electron chi connectivity index (χ2n) is 23.8. The number of rotatable bonds is 65. The standard InChI is InChI=1S/C75H134O6/c1-4-7-10-13-16-19-22-25-28-29-30-31-32-33-34-35-36-37-38-39-40-41-42-43-44-45-48-50-53-56-59-62-65-68-74(77)80-71-72(81-75(78)69-66-63-60-57-54-51-47-27-24-21-18-15-12-9-6-3)70-79-73(76)67-64-61-58-55-52-49-46-26-23-20-17-14-11-8-5-2/h9,12,18,21-22,25,27,29-30,32-33,47,72H,4-8,10-11,13-17,19-20,23-24,26,28,31,34-46,48-71H2,1-3H3/b12-9-,21-18-,25-22-,30-29-,33-32-,47-27-. The van der Waals surface area contributed by atoms with Crippen LogP contribution in [0.3, 0.4) is 0 Å². The minimum Gasteiger partial charge on any atom is -0.462 e. The highest BCUT2D eigenvalue weighted by Gasteiger charge is 2.19. The number of unbranched alkanes of at least 4 members (excludes halogenated alkanes) is 42. The van der Waals surface area contributed by atoms with Gasteiger partial charge >= 0.3 is 17.9 Å². The summed E-state index contributed by atoms with van der Waals surface area (Å²) in [5, 5.41) is 0. The van der Waals surface area contributed by atoms with Crippen molar-refractivity contribution in [2.75, 3.05) is 13.2 Å². The van der Waals surface area contributed by atoms with Crippen molar-refractivity contribution in [2.24, 2.45) is 0 Å². The highest BCUT2D eigenvalue weighted by molar-refractivity contribution is 5.71. The summed E-state index contributed by atoms with van der Waals surface area (Å²) in [6.45, 7) is 6.55. The average Bonchev–Trinajstić information content (AvgIpc) is 3.47. The van der Waals surface area contributed by atoms with Crippen LogP contribution in [0.4, 0.5) is 0 Å². The van der Waals surface area contributed by atoms with Gasteiger partial charge in [0.05, 0.1) is 0 Å². The van der Waals surface area contributed by atoms with E-state index in [4.69, 9.17) is 14.2 Å². The molecule has 1 unspecified atom stereocenters. The third-order valence-electron chi connectivity index (χ3n) is 15.7. The zero-order valence-corrected chi connectivity index (χ0v) is 54.1. The number of hydrogen-bond acceptors (Lipinski definition) is 6. The van der Waals surface area contributed by atoms with Crippen molar-refractivity contribution in [2.45, 2.75) is 374 Å². The Bertz CT molecular complexity index is 1490. The quantitative estimate of drug-likeness (QED) is 0.0261. The molecule has 0 heterocycles. The lowest BCUT2D eigenvalue weighted by Crippen LogP contribution is -2.30. The molecule has 1 atom stereocenters. The summed E-state index contributed by atoms with van der Waals surface area (Å²) < 4.78 is 17.0. The lowest BCUT2D eigenvalue weighted by molar-refractivity contribution is -0.167. The molecule has 0 aromatic rings. The first-order valence-electron chi connectivity index (χ1n) is 35.4. The maximum atomic E-state index is 12.9. The molecule has 0 rings (SSSR count). The van der Waals surface area contributed by atoms with Gasteiger partial charge in [0.1, 0.15) is 13.2 Å². The van der Waals surface area contributed by atoms with Gasteiger partial charge in [-0.15, -0.1) is 0 Å². The third kappa shape index (κ3) is 67.5. The second kappa shape index (κ2) is 69.3. The minimum atomic E-state index is -0.782. The first kappa shape index (κ1) is 77.9. The number of esters is 3. The Morgan fingerprint density at radius 1 is 0.259 bits per heavy atom. The van der Waals surface area contributed by atoms with E-state index >= 15 is 0 Å². The van der Waals surface area contributed by atoms with E-state index in [9.17, 15) is 14.4 Å². The summed E-state index contributed by atoms with van der Waals surface area (Å²) in [6.07, 6.45) is 90.8. The molecular weight excluding hydrogens is 997 g/mol. The molecule has 6 heteroatoms. The van der Waals surface area contributed by atoms with Crippen molar-refractivity contribution in [3.63, 3.8) is 0 Å². The zero-order chi connectivity index (χ0) is 58.5. The van der Waals surface area contributed by atoms with Crippen LogP contribution >= 0.6 is 0 Å². The largest absolute Gasteiger partial charge is 0.462 e. The van der Waals surface area contributed by atoms with Gasteiger partial charge in [-0.1, -0.05) is 331 Å². The summed E-state index contributed by atoms with van der Waals surface area (Å²) in [7, 11) is 0. The number of carbonyl (C=O) groups excluding carboxylic acids is 3. The molecule has 0 spiro atoms. The first-order valence-corrected chi connectivity index (χ1v) is 35.4. The monoisotopic (exact) mass is 1130 g/mol. The van der Waals surface area contributed by atoms with Crippen LogP contribution in [0.25, 0.3) is 0 Å². The van der Waals surface area contributed by atoms with E-state index < -0.39 is 6.10 Å². The van der Waals surface area contributed by atoms with E-state index in [2.05, 4.69) is 93.7 Å². The smallest absolute Gasteiger partial charge is 0.306 e. The van der Waals surface area contributed by atoms with Gasteiger partial charge in [-0.25, -0.2) is 0 Å². The van der Waals surface area contributed by atoms with Gasteiger partial charge in [0.25, 0.3) is 0 Å². The van der Waals surface area contributed by atoms with Gasteiger partial charge < -0.3 is 14.2 Å². The van der Waals surface area contributed by atoms with Crippen molar-refractivity contribution in [3.05, 3.63) is 72.9 Å². The molecule has 81 heavy (non-hydrogen) atoms. The van der Waals surface area contributed by atoms with Crippen LogP contribution in [0.15, 0.2) is 72.9 Å². The maximum Gasteiger partial charge on any atom is 0.306 e. The SMILES string of the molecule is CC/C=C\C/C=C\C/C=C\CCCCCCCC(=O)OC(COC(=O)CCCCCCCCCCCCCCCCC)COC(=O)CCCCCCCCCCCCCCCCCCCC/C=C\C/C=C\C/C=C\CCCCCCC. The Labute approximate surface area is 503 Å². The van der Waals surface area contributed by atoms with E-state index in [0.29, 0.717) is 19.3 Å². The van der Waals surface area contributed by atoms with Gasteiger partial charge in [-0.3, -0.25) is 14.4 Å². The van der Waals surface area contributed by atoms with Gasteiger partial charge in [-0.2, -0.15) is 0 Å². The lowest BCUT2D eigenvalue weighted by atomic mass is 10.0. The van der Waals surface area contributed by atoms with Crippen LogP contribution in [-0.2, 0) is 28.6 Å². The Morgan fingerprint density at radius 2 is 0.481 bits per heavy atom. The summed E-state index contributed by atoms with van der Waals surface area (Å²) >= 11 is 0. The van der Waals surface area contributed by atoms with Crippen molar-refractivity contribution >= 4 is 17.9 Å². The minimum absolute atomic E-state index is 0.0774. The molecular formula is C75H134O6. The van der Waals surface area contributed by atoms with Crippen LogP contribution in [0.5, 0.6) is 0 Å². The summed E-state index contributed by atoms with van der Waals surface area (Å²) in [5.41, 5.74) is 0. The molecule has 0 aliphatic heterocycles. The number of hydrogen-bond donors (Lipinski definition) is 0. The molecule has 0 saturated heterocycles. The molecule has 0 amide bonds.